The fourth-order valence-electron chi connectivity index (χ4n) is 2.47. The Morgan fingerprint density at radius 1 is 1.24 bits per heavy atom. The van der Waals surface area contributed by atoms with Crippen molar-refractivity contribution in [1.29, 1.82) is 0 Å². The first-order chi connectivity index (χ1) is 8.08. The van der Waals surface area contributed by atoms with Gasteiger partial charge in [0.25, 0.3) is 10.2 Å². The summed E-state index contributed by atoms with van der Waals surface area (Å²) < 4.78 is 33.5. The molecule has 0 radical (unpaired) electrons. The minimum absolute atomic E-state index is 0.128. The summed E-state index contributed by atoms with van der Waals surface area (Å²) in [7, 11) is -3.49. The maximum atomic E-state index is 12.2. The normalized spacial score (nSPS) is 26.2. The van der Waals surface area contributed by atoms with Gasteiger partial charge in [0.2, 0.25) is 0 Å². The van der Waals surface area contributed by atoms with Gasteiger partial charge in [-0.05, 0) is 12.8 Å². The van der Waals surface area contributed by atoms with Crippen LogP contribution in [0.3, 0.4) is 0 Å². The molecule has 0 bridgehead atoms. The number of nitrogens with zero attached hydrogens (tertiary/aromatic N) is 1. The second-order valence-electron chi connectivity index (χ2n) is 4.76. The third kappa shape index (κ3) is 2.97. The third-order valence-corrected chi connectivity index (χ3v) is 5.25. The first-order valence-electron chi connectivity index (χ1n) is 6.06. The van der Waals surface area contributed by atoms with Gasteiger partial charge in [-0.15, -0.1) is 0 Å². The number of ether oxygens (including phenoxy) is 1. The van der Waals surface area contributed by atoms with Crippen LogP contribution in [0.4, 0.5) is 0 Å². The van der Waals surface area contributed by atoms with E-state index in [0.29, 0.717) is 39.1 Å². The molecule has 100 valence electrons. The minimum atomic E-state index is -3.49. The van der Waals surface area contributed by atoms with Crippen molar-refractivity contribution in [2.75, 3.05) is 32.9 Å². The maximum absolute atomic E-state index is 12.2. The van der Waals surface area contributed by atoms with E-state index in [1.807, 2.05) is 0 Å². The molecule has 6 nitrogen and oxygen atoms in total. The van der Waals surface area contributed by atoms with E-state index in [-0.39, 0.29) is 6.61 Å². The average Bonchev–Trinajstić information content (AvgIpc) is 2.79. The molecule has 2 N–H and O–H groups in total. The van der Waals surface area contributed by atoms with Gasteiger partial charge in [0.1, 0.15) is 0 Å². The van der Waals surface area contributed by atoms with Crippen molar-refractivity contribution in [3.8, 4) is 0 Å². The first kappa shape index (κ1) is 13.2. The highest BCUT2D eigenvalue weighted by molar-refractivity contribution is 7.87. The topological polar surface area (TPSA) is 78.9 Å². The van der Waals surface area contributed by atoms with Gasteiger partial charge in [-0.25, -0.2) is 0 Å². The van der Waals surface area contributed by atoms with Gasteiger partial charge in [-0.2, -0.15) is 17.4 Å². The Bertz CT molecular complexity index is 345. The second-order valence-corrected chi connectivity index (χ2v) is 6.43. The Morgan fingerprint density at radius 2 is 1.82 bits per heavy atom. The van der Waals surface area contributed by atoms with E-state index in [2.05, 4.69) is 4.72 Å². The fraction of sp³-hybridized carbons (Fsp3) is 1.00. The van der Waals surface area contributed by atoms with E-state index >= 15 is 0 Å². The molecule has 2 rings (SSSR count). The molecule has 0 aromatic rings. The molecule has 0 aromatic carbocycles. The van der Waals surface area contributed by atoms with Gasteiger partial charge in [0, 0.05) is 13.1 Å². The quantitative estimate of drug-likeness (QED) is 0.714. The molecule has 1 saturated heterocycles. The molecule has 0 atom stereocenters. The van der Waals surface area contributed by atoms with E-state index in [0.717, 1.165) is 12.8 Å². The first-order valence-corrected chi connectivity index (χ1v) is 7.50. The van der Waals surface area contributed by atoms with Crippen LogP contribution in [0.15, 0.2) is 0 Å². The summed E-state index contributed by atoms with van der Waals surface area (Å²) in [5.74, 6) is 0. The Labute approximate surface area is 102 Å². The zero-order chi connectivity index (χ0) is 12.4. The minimum Gasteiger partial charge on any atom is -0.394 e. The summed E-state index contributed by atoms with van der Waals surface area (Å²) in [6.45, 7) is 1.52. The van der Waals surface area contributed by atoms with Gasteiger partial charge in [0.05, 0.1) is 25.4 Å². The molecular formula is C10H20N2O4S. The molecule has 17 heavy (non-hydrogen) atoms. The molecule has 1 saturated carbocycles. The molecule has 1 aliphatic heterocycles. The van der Waals surface area contributed by atoms with E-state index in [1.54, 1.807) is 0 Å². The molecule has 2 aliphatic rings. The van der Waals surface area contributed by atoms with Crippen molar-refractivity contribution in [2.24, 2.45) is 0 Å². The van der Waals surface area contributed by atoms with Crippen LogP contribution in [0.2, 0.25) is 0 Å². The van der Waals surface area contributed by atoms with Gasteiger partial charge in [-0.3, -0.25) is 0 Å². The molecule has 0 amide bonds. The highest BCUT2D eigenvalue weighted by atomic mass is 32.2. The zero-order valence-electron chi connectivity index (χ0n) is 9.89. The number of hydrogen-bond donors (Lipinski definition) is 2. The lowest BCUT2D eigenvalue weighted by atomic mass is 10.0. The Morgan fingerprint density at radius 3 is 2.35 bits per heavy atom. The van der Waals surface area contributed by atoms with Gasteiger partial charge in [0.15, 0.2) is 0 Å². The molecule has 1 aliphatic carbocycles. The van der Waals surface area contributed by atoms with Crippen molar-refractivity contribution in [3.63, 3.8) is 0 Å². The molecule has 1 heterocycles. The van der Waals surface area contributed by atoms with Crippen molar-refractivity contribution >= 4 is 10.2 Å². The van der Waals surface area contributed by atoms with Crippen LogP contribution in [0.1, 0.15) is 25.7 Å². The number of aliphatic hydroxyl groups excluding tert-OH is 1. The predicted molar refractivity (Wildman–Crippen MR) is 62.7 cm³/mol. The van der Waals surface area contributed by atoms with Crippen LogP contribution in [0.25, 0.3) is 0 Å². The molecule has 0 spiro atoms. The van der Waals surface area contributed by atoms with Gasteiger partial charge >= 0.3 is 0 Å². The smallest absolute Gasteiger partial charge is 0.280 e. The van der Waals surface area contributed by atoms with Crippen molar-refractivity contribution in [1.82, 2.24) is 9.03 Å². The van der Waals surface area contributed by atoms with Crippen LogP contribution >= 0.6 is 0 Å². The van der Waals surface area contributed by atoms with Crippen molar-refractivity contribution in [3.05, 3.63) is 0 Å². The lowest BCUT2D eigenvalue weighted by molar-refractivity contribution is 0.0713. The second kappa shape index (κ2) is 5.19. The fourth-order valence-corrected chi connectivity index (χ4v) is 4.04. The lowest BCUT2D eigenvalue weighted by Gasteiger charge is -2.33. The number of aliphatic hydroxyl groups is 1. The highest BCUT2D eigenvalue weighted by Crippen LogP contribution is 2.30. The van der Waals surface area contributed by atoms with E-state index < -0.39 is 15.7 Å². The maximum Gasteiger partial charge on any atom is 0.280 e. The summed E-state index contributed by atoms with van der Waals surface area (Å²) in [4.78, 5) is 0. The van der Waals surface area contributed by atoms with Crippen LogP contribution in [0.5, 0.6) is 0 Å². The molecule has 7 heteroatoms. The van der Waals surface area contributed by atoms with Crippen LogP contribution in [-0.2, 0) is 14.9 Å². The van der Waals surface area contributed by atoms with Crippen LogP contribution in [0, 0.1) is 0 Å². The third-order valence-electron chi connectivity index (χ3n) is 3.52. The SMILES string of the molecule is O=S(=O)(NC1(CO)CCCC1)N1CCOCC1. The van der Waals surface area contributed by atoms with Crippen LogP contribution in [-0.4, -0.2) is 56.3 Å². The number of rotatable bonds is 4. The molecule has 0 unspecified atom stereocenters. The summed E-state index contributed by atoms with van der Waals surface area (Å²) >= 11 is 0. The summed E-state index contributed by atoms with van der Waals surface area (Å²) in [5, 5.41) is 9.41. The number of morpholine rings is 1. The summed E-state index contributed by atoms with van der Waals surface area (Å²) in [6.07, 6.45) is 3.36. The number of hydrogen-bond acceptors (Lipinski definition) is 4. The van der Waals surface area contributed by atoms with E-state index in [1.165, 1.54) is 4.31 Å². The summed E-state index contributed by atoms with van der Waals surface area (Å²) in [6, 6.07) is 0. The van der Waals surface area contributed by atoms with Crippen LogP contribution < -0.4 is 4.72 Å². The highest BCUT2D eigenvalue weighted by Gasteiger charge is 2.39. The lowest BCUT2D eigenvalue weighted by Crippen LogP contribution is -2.56. The van der Waals surface area contributed by atoms with E-state index in [9.17, 15) is 13.5 Å². The average molecular weight is 264 g/mol. The van der Waals surface area contributed by atoms with Gasteiger partial charge in [-0.1, -0.05) is 12.8 Å². The van der Waals surface area contributed by atoms with E-state index in [4.69, 9.17) is 4.74 Å². The monoisotopic (exact) mass is 264 g/mol. The molecule has 0 aromatic heterocycles. The molecular weight excluding hydrogens is 244 g/mol. The largest absolute Gasteiger partial charge is 0.394 e. The number of nitrogens with one attached hydrogen (secondary N) is 1. The molecule has 2 fully saturated rings. The standard InChI is InChI=1S/C10H20N2O4S/c13-9-10(3-1-2-4-10)11-17(14,15)12-5-7-16-8-6-12/h11,13H,1-9H2. The van der Waals surface area contributed by atoms with Crippen molar-refractivity contribution in [2.45, 2.75) is 31.2 Å². The zero-order valence-corrected chi connectivity index (χ0v) is 10.7. The Hall–Kier alpha value is -0.210. The summed E-state index contributed by atoms with van der Waals surface area (Å²) in [5.41, 5.74) is -0.642. The Balaban J connectivity index is 2.05. The predicted octanol–water partition coefficient (Wildman–Crippen LogP) is -0.542. The van der Waals surface area contributed by atoms with Gasteiger partial charge < -0.3 is 9.84 Å². The Kier molecular flexibility index (Phi) is 4.04. The van der Waals surface area contributed by atoms with Crippen molar-refractivity contribution < 1.29 is 18.3 Å².